The molecular weight excluding hydrogens is 236 g/mol. The van der Waals surface area contributed by atoms with Gasteiger partial charge in [-0.1, -0.05) is 6.92 Å². The summed E-state index contributed by atoms with van der Waals surface area (Å²) >= 11 is 3.15. The fraction of sp³-hybridized carbons (Fsp3) is 0.308. The molecule has 0 N–H and O–H groups in total. The van der Waals surface area contributed by atoms with Gasteiger partial charge in [-0.15, -0.1) is 22.7 Å². The molecule has 2 aromatic rings. The molecule has 2 heterocycles. The van der Waals surface area contributed by atoms with Crippen molar-refractivity contribution in [2.75, 3.05) is 0 Å². The molecule has 0 fully saturated rings. The molecule has 0 aliphatic carbocycles. The molecule has 0 atom stereocenters. The highest BCUT2D eigenvalue weighted by atomic mass is 32.1. The van der Waals surface area contributed by atoms with E-state index in [1.807, 2.05) is 25.3 Å². The van der Waals surface area contributed by atoms with Crippen LogP contribution in [0.15, 0.2) is 17.5 Å². The van der Waals surface area contributed by atoms with E-state index in [0.29, 0.717) is 0 Å². The van der Waals surface area contributed by atoms with Crippen LogP contribution in [0, 0.1) is 13.8 Å². The number of thiophene rings is 2. The molecule has 0 aromatic carbocycles. The van der Waals surface area contributed by atoms with Gasteiger partial charge in [0.25, 0.3) is 0 Å². The van der Waals surface area contributed by atoms with Gasteiger partial charge in [0, 0.05) is 4.88 Å². The first-order valence-electron chi connectivity index (χ1n) is 5.31. The fourth-order valence-corrected chi connectivity index (χ4v) is 3.76. The van der Waals surface area contributed by atoms with Gasteiger partial charge in [-0.2, -0.15) is 0 Å². The molecule has 0 aliphatic rings. The number of carbonyl (C=O) groups excluding carboxylic acids is 1. The third-order valence-electron chi connectivity index (χ3n) is 2.58. The van der Waals surface area contributed by atoms with Crippen LogP contribution in [0.2, 0.25) is 0 Å². The normalized spacial score (nSPS) is 10.7. The minimum atomic E-state index is 0.197. The van der Waals surface area contributed by atoms with Crippen molar-refractivity contribution in [3.8, 4) is 0 Å². The largest absolute Gasteiger partial charge is 0.287 e. The maximum absolute atomic E-state index is 12.3. The maximum atomic E-state index is 12.3. The number of hydrogen-bond acceptors (Lipinski definition) is 3. The molecule has 0 spiro atoms. The minimum absolute atomic E-state index is 0.197. The second-order valence-corrected chi connectivity index (χ2v) is 6.00. The number of ketones is 1. The van der Waals surface area contributed by atoms with E-state index in [1.165, 1.54) is 10.4 Å². The predicted octanol–water partition coefficient (Wildman–Crippen LogP) is 4.22. The molecule has 16 heavy (non-hydrogen) atoms. The van der Waals surface area contributed by atoms with Gasteiger partial charge < -0.3 is 0 Å². The highest BCUT2D eigenvalue weighted by molar-refractivity contribution is 7.17. The van der Waals surface area contributed by atoms with Gasteiger partial charge in [0.05, 0.1) is 9.75 Å². The van der Waals surface area contributed by atoms with Crippen molar-refractivity contribution in [1.82, 2.24) is 0 Å². The summed E-state index contributed by atoms with van der Waals surface area (Å²) in [6.07, 6.45) is 0.925. The highest BCUT2D eigenvalue weighted by Crippen LogP contribution is 2.28. The van der Waals surface area contributed by atoms with E-state index >= 15 is 0 Å². The molecule has 1 nitrogen and oxygen atoms in total. The Balaban J connectivity index is 2.43. The highest BCUT2D eigenvalue weighted by Gasteiger charge is 2.18. The van der Waals surface area contributed by atoms with Crippen molar-refractivity contribution in [3.05, 3.63) is 43.3 Å². The summed E-state index contributed by atoms with van der Waals surface area (Å²) in [5.41, 5.74) is 2.27. The van der Waals surface area contributed by atoms with Gasteiger partial charge in [0.15, 0.2) is 0 Å². The van der Waals surface area contributed by atoms with E-state index in [-0.39, 0.29) is 5.78 Å². The third kappa shape index (κ3) is 1.97. The van der Waals surface area contributed by atoms with Crippen LogP contribution in [0.5, 0.6) is 0 Å². The Hall–Kier alpha value is -0.930. The molecule has 0 unspecified atom stereocenters. The van der Waals surface area contributed by atoms with Crippen LogP contribution in [-0.2, 0) is 6.42 Å². The average molecular weight is 250 g/mol. The molecule has 3 heteroatoms. The molecular formula is C13H14OS2. The van der Waals surface area contributed by atoms with E-state index < -0.39 is 0 Å². The molecule has 0 bridgehead atoms. The van der Waals surface area contributed by atoms with Crippen LogP contribution in [0.3, 0.4) is 0 Å². The zero-order valence-corrected chi connectivity index (χ0v) is 11.3. The Morgan fingerprint density at radius 1 is 1.31 bits per heavy atom. The van der Waals surface area contributed by atoms with Gasteiger partial charge in [-0.3, -0.25) is 4.79 Å². The maximum Gasteiger partial charge on any atom is 0.213 e. The SMILES string of the molecule is CCc1ccsc1C(=O)c1sc(C)cc1C. The number of aryl methyl sites for hydroxylation is 3. The zero-order valence-electron chi connectivity index (χ0n) is 9.66. The lowest BCUT2D eigenvalue weighted by molar-refractivity contribution is 0.104. The van der Waals surface area contributed by atoms with Crippen LogP contribution in [0.4, 0.5) is 0 Å². The van der Waals surface area contributed by atoms with Crippen LogP contribution in [-0.4, -0.2) is 5.78 Å². The summed E-state index contributed by atoms with van der Waals surface area (Å²) in [5, 5.41) is 2.00. The summed E-state index contributed by atoms with van der Waals surface area (Å²) in [4.78, 5) is 15.4. The monoisotopic (exact) mass is 250 g/mol. The fourth-order valence-electron chi connectivity index (χ4n) is 1.78. The molecule has 2 aromatic heterocycles. The van der Waals surface area contributed by atoms with Gasteiger partial charge >= 0.3 is 0 Å². The summed E-state index contributed by atoms with van der Waals surface area (Å²) in [6.45, 7) is 6.14. The van der Waals surface area contributed by atoms with Gasteiger partial charge in [-0.25, -0.2) is 0 Å². The molecule has 0 saturated heterocycles. The standard InChI is InChI=1S/C13H14OS2/c1-4-10-5-6-15-13(10)11(14)12-8(2)7-9(3)16-12/h5-7H,4H2,1-3H3. The summed E-state index contributed by atoms with van der Waals surface area (Å²) in [5.74, 6) is 0.197. The molecule has 0 saturated carbocycles. The van der Waals surface area contributed by atoms with Crippen LogP contribution in [0.1, 0.15) is 37.5 Å². The Labute approximate surface area is 104 Å². The minimum Gasteiger partial charge on any atom is -0.287 e. The Kier molecular flexibility index (Phi) is 3.26. The topological polar surface area (TPSA) is 17.1 Å². The number of carbonyl (C=O) groups is 1. The van der Waals surface area contributed by atoms with Crippen molar-refractivity contribution in [1.29, 1.82) is 0 Å². The van der Waals surface area contributed by atoms with Crippen molar-refractivity contribution >= 4 is 28.5 Å². The summed E-state index contributed by atoms with van der Waals surface area (Å²) in [6, 6.07) is 4.13. The molecule has 0 radical (unpaired) electrons. The molecule has 0 aliphatic heterocycles. The molecule has 0 amide bonds. The van der Waals surface area contributed by atoms with E-state index in [0.717, 1.165) is 21.7 Å². The summed E-state index contributed by atoms with van der Waals surface area (Å²) < 4.78 is 0. The van der Waals surface area contributed by atoms with Crippen molar-refractivity contribution < 1.29 is 4.79 Å². The lowest BCUT2D eigenvalue weighted by Gasteiger charge is -1.99. The molecule has 2 rings (SSSR count). The van der Waals surface area contributed by atoms with E-state index in [1.54, 1.807) is 22.7 Å². The summed E-state index contributed by atoms with van der Waals surface area (Å²) in [7, 11) is 0. The van der Waals surface area contributed by atoms with Gasteiger partial charge in [0.2, 0.25) is 5.78 Å². The third-order valence-corrected chi connectivity index (χ3v) is 4.69. The Morgan fingerprint density at radius 3 is 2.62 bits per heavy atom. The number of rotatable bonds is 3. The lowest BCUT2D eigenvalue weighted by atomic mass is 10.1. The number of hydrogen-bond donors (Lipinski definition) is 0. The Bertz CT molecular complexity index is 520. The van der Waals surface area contributed by atoms with Crippen molar-refractivity contribution in [2.45, 2.75) is 27.2 Å². The second-order valence-electron chi connectivity index (χ2n) is 3.83. The zero-order chi connectivity index (χ0) is 11.7. The smallest absolute Gasteiger partial charge is 0.213 e. The van der Waals surface area contributed by atoms with Gasteiger partial charge in [-0.05, 0) is 48.9 Å². The van der Waals surface area contributed by atoms with Crippen LogP contribution >= 0.6 is 22.7 Å². The van der Waals surface area contributed by atoms with Crippen LogP contribution < -0.4 is 0 Å². The first-order chi connectivity index (χ1) is 7.63. The van der Waals surface area contributed by atoms with E-state index in [9.17, 15) is 4.79 Å². The quantitative estimate of drug-likeness (QED) is 0.745. The van der Waals surface area contributed by atoms with Gasteiger partial charge in [0.1, 0.15) is 0 Å². The van der Waals surface area contributed by atoms with E-state index in [4.69, 9.17) is 0 Å². The van der Waals surface area contributed by atoms with Crippen LogP contribution in [0.25, 0.3) is 0 Å². The lowest BCUT2D eigenvalue weighted by Crippen LogP contribution is -2.00. The van der Waals surface area contributed by atoms with Crippen molar-refractivity contribution in [3.63, 3.8) is 0 Å². The predicted molar refractivity (Wildman–Crippen MR) is 70.9 cm³/mol. The van der Waals surface area contributed by atoms with E-state index in [2.05, 4.69) is 13.0 Å². The average Bonchev–Trinajstić information content (AvgIpc) is 2.83. The first kappa shape index (κ1) is 11.6. The first-order valence-corrected chi connectivity index (χ1v) is 7.01. The Morgan fingerprint density at radius 2 is 2.06 bits per heavy atom. The van der Waals surface area contributed by atoms with Crippen molar-refractivity contribution in [2.24, 2.45) is 0 Å². The molecule has 84 valence electrons. The second kappa shape index (κ2) is 4.52.